The van der Waals surface area contributed by atoms with Crippen LogP contribution in [0.15, 0.2) is 42.5 Å². The monoisotopic (exact) mass is 399 g/mol. The molecule has 2 aromatic carbocycles. The van der Waals surface area contributed by atoms with Gasteiger partial charge in [0.05, 0.1) is 5.92 Å². The van der Waals surface area contributed by atoms with Gasteiger partial charge in [0.1, 0.15) is 0 Å². The molecule has 146 valence electrons. The van der Waals surface area contributed by atoms with Gasteiger partial charge in [-0.15, -0.1) is 0 Å². The number of ketones is 1. The maximum atomic E-state index is 12.6. The first-order valence-corrected chi connectivity index (χ1v) is 9.52. The minimum Gasteiger partial charge on any atom is -0.454 e. The van der Waals surface area contributed by atoms with Gasteiger partial charge in [-0.25, -0.2) is 0 Å². The number of amides is 1. The molecule has 1 fully saturated rings. The van der Waals surface area contributed by atoms with Crippen molar-refractivity contribution in [3.05, 3.63) is 64.2 Å². The van der Waals surface area contributed by atoms with E-state index in [0.717, 1.165) is 16.8 Å². The Kier molecular flexibility index (Phi) is 5.84. The second-order valence-electron chi connectivity index (χ2n) is 7.10. The maximum absolute atomic E-state index is 12.6. The van der Waals surface area contributed by atoms with Crippen LogP contribution >= 0.6 is 11.6 Å². The summed E-state index contributed by atoms with van der Waals surface area (Å²) in [6.07, 6.45) is -0.855. The van der Waals surface area contributed by atoms with E-state index in [1.165, 1.54) is 6.92 Å². The molecule has 5 nitrogen and oxygen atoms in total. The highest BCUT2D eigenvalue weighted by Crippen LogP contribution is 2.31. The van der Waals surface area contributed by atoms with Crippen molar-refractivity contribution in [3.8, 4) is 0 Å². The first kappa shape index (κ1) is 20.1. The van der Waals surface area contributed by atoms with Gasteiger partial charge in [-0.1, -0.05) is 29.8 Å². The summed E-state index contributed by atoms with van der Waals surface area (Å²) in [6, 6.07) is 12.2. The molecular formula is C22H22ClNO4. The van der Waals surface area contributed by atoms with Crippen molar-refractivity contribution >= 4 is 34.9 Å². The number of hydrogen-bond donors (Lipinski definition) is 0. The summed E-state index contributed by atoms with van der Waals surface area (Å²) in [5.74, 6) is -1.54. The molecule has 1 heterocycles. The smallest absolute Gasteiger partial charge is 0.312 e. The van der Waals surface area contributed by atoms with E-state index in [0.29, 0.717) is 10.6 Å². The SMILES string of the molecule is Cc1cccc(C)c1N1C[C@@H](C(=O)O[C@@H](C)C(=O)c2ccc(Cl)cc2)CC1=O. The van der Waals surface area contributed by atoms with Crippen LogP contribution in [0.5, 0.6) is 0 Å². The van der Waals surface area contributed by atoms with Crippen molar-refractivity contribution in [1.82, 2.24) is 0 Å². The standard InChI is InChI=1S/C22H22ClNO4/c1-13-5-4-6-14(2)20(13)24-12-17(11-19(24)25)22(27)28-15(3)21(26)16-7-9-18(23)10-8-16/h4-10,15,17H,11-12H2,1-3H3/t15-,17-/m0/s1. The fraction of sp³-hybridized carbons (Fsp3) is 0.318. The normalized spacial score (nSPS) is 17.5. The number of esters is 1. The zero-order valence-corrected chi connectivity index (χ0v) is 16.8. The van der Waals surface area contributed by atoms with Gasteiger partial charge in [0.2, 0.25) is 11.7 Å². The molecular weight excluding hydrogens is 378 g/mol. The number of para-hydroxylation sites is 1. The number of ether oxygens (including phenoxy) is 1. The molecule has 0 unspecified atom stereocenters. The van der Waals surface area contributed by atoms with Gasteiger partial charge in [0, 0.05) is 29.2 Å². The predicted molar refractivity (Wildman–Crippen MR) is 108 cm³/mol. The third kappa shape index (κ3) is 4.09. The molecule has 0 aliphatic carbocycles. The molecule has 6 heteroatoms. The summed E-state index contributed by atoms with van der Waals surface area (Å²) in [6.45, 7) is 5.67. The van der Waals surface area contributed by atoms with Gasteiger partial charge in [-0.2, -0.15) is 0 Å². The van der Waals surface area contributed by atoms with E-state index in [1.54, 1.807) is 29.2 Å². The number of carbonyl (C=O) groups excluding carboxylic acids is 3. The summed E-state index contributed by atoms with van der Waals surface area (Å²) in [7, 11) is 0. The Morgan fingerprint density at radius 2 is 1.71 bits per heavy atom. The zero-order chi connectivity index (χ0) is 20.4. The van der Waals surface area contributed by atoms with Crippen LogP contribution < -0.4 is 4.90 Å². The summed E-state index contributed by atoms with van der Waals surface area (Å²) < 4.78 is 5.37. The number of rotatable bonds is 5. The van der Waals surface area contributed by atoms with E-state index in [9.17, 15) is 14.4 Å². The first-order valence-electron chi connectivity index (χ1n) is 9.14. The van der Waals surface area contributed by atoms with Crippen LogP contribution in [0.4, 0.5) is 5.69 Å². The van der Waals surface area contributed by atoms with Gasteiger partial charge in [-0.3, -0.25) is 14.4 Å². The van der Waals surface area contributed by atoms with Crippen LogP contribution in [-0.4, -0.2) is 30.3 Å². The molecule has 2 atom stereocenters. The maximum Gasteiger partial charge on any atom is 0.312 e. The van der Waals surface area contributed by atoms with E-state index in [1.807, 2.05) is 32.0 Å². The fourth-order valence-electron chi connectivity index (χ4n) is 3.49. The van der Waals surface area contributed by atoms with Crippen LogP contribution in [0.3, 0.4) is 0 Å². The summed E-state index contributed by atoms with van der Waals surface area (Å²) in [4.78, 5) is 39.2. The largest absolute Gasteiger partial charge is 0.454 e. The summed E-state index contributed by atoms with van der Waals surface area (Å²) in [5, 5.41) is 0.525. The molecule has 1 aliphatic rings. The molecule has 0 radical (unpaired) electrons. The van der Waals surface area contributed by atoms with E-state index >= 15 is 0 Å². The lowest BCUT2D eigenvalue weighted by molar-refractivity contribution is -0.151. The van der Waals surface area contributed by atoms with Crippen LogP contribution in [0.2, 0.25) is 5.02 Å². The van der Waals surface area contributed by atoms with E-state index in [4.69, 9.17) is 16.3 Å². The Bertz CT molecular complexity index is 902. The molecule has 3 rings (SSSR count). The highest BCUT2D eigenvalue weighted by molar-refractivity contribution is 6.30. The third-order valence-electron chi connectivity index (χ3n) is 4.96. The van der Waals surface area contributed by atoms with Crippen molar-refractivity contribution in [3.63, 3.8) is 0 Å². The van der Waals surface area contributed by atoms with Crippen LogP contribution in [-0.2, 0) is 14.3 Å². The quantitative estimate of drug-likeness (QED) is 0.560. The lowest BCUT2D eigenvalue weighted by Gasteiger charge is -2.21. The van der Waals surface area contributed by atoms with Gasteiger partial charge in [0.15, 0.2) is 6.10 Å². The fourth-order valence-corrected chi connectivity index (χ4v) is 3.61. The van der Waals surface area contributed by atoms with Crippen molar-refractivity contribution in [2.45, 2.75) is 33.3 Å². The second-order valence-corrected chi connectivity index (χ2v) is 7.53. The van der Waals surface area contributed by atoms with Crippen molar-refractivity contribution in [2.24, 2.45) is 5.92 Å². The van der Waals surface area contributed by atoms with Crippen molar-refractivity contribution in [1.29, 1.82) is 0 Å². The number of anilines is 1. The number of aryl methyl sites for hydroxylation is 2. The second kappa shape index (κ2) is 8.15. The number of nitrogens with zero attached hydrogens (tertiary/aromatic N) is 1. The van der Waals surface area contributed by atoms with Gasteiger partial charge < -0.3 is 9.64 Å². The first-order chi connectivity index (χ1) is 13.3. The Hall–Kier alpha value is -2.66. The Labute approximate surface area is 169 Å². The number of hydrogen-bond acceptors (Lipinski definition) is 4. The lowest BCUT2D eigenvalue weighted by atomic mass is 10.1. The van der Waals surface area contributed by atoms with Crippen LogP contribution in [0.1, 0.15) is 34.8 Å². The number of carbonyl (C=O) groups is 3. The number of halogens is 1. The molecule has 0 N–H and O–H groups in total. The molecule has 2 aromatic rings. The van der Waals surface area contributed by atoms with Crippen molar-refractivity contribution in [2.75, 3.05) is 11.4 Å². The summed E-state index contributed by atoms with van der Waals surface area (Å²) in [5.41, 5.74) is 3.22. The van der Waals surface area contributed by atoms with Crippen LogP contribution in [0.25, 0.3) is 0 Å². The minimum atomic E-state index is -0.932. The van der Waals surface area contributed by atoms with E-state index in [-0.39, 0.29) is 24.7 Å². The highest BCUT2D eigenvalue weighted by Gasteiger charge is 2.38. The molecule has 28 heavy (non-hydrogen) atoms. The van der Waals surface area contributed by atoms with E-state index < -0.39 is 18.0 Å². The Morgan fingerprint density at radius 3 is 2.32 bits per heavy atom. The molecule has 0 saturated carbocycles. The average molecular weight is 400 g/mol. The Balaban J connectivity index is 1.67. The van der Waals surface area contributed by atoms with Crippen molar-refractivity contribution < 1.29 is 19.1 Å². The lowest BCUT2D eigenvalue weighted by Crippen LogP contribution is -2.31. The average Bonchev–Trinajstić information content (AvgIpc) is 3.03. The third-order valence-corrected chi connectivity index (χ3v) is 5.21. The molecule has 0 bridgehead atoms. The molecule has 1 aliphatic heterocycles. The topological polar surface area (TPSA) is 63.7 Å². The molecule has 0 spiro atoms. The molecule has 1 amide bonds. The number of benzene rings is 2. The highest BCUT2D eigenvalue weighted by atomic mass is 35.5. The number of Topliss-reactive ketones (excluding diaryl/α,β-unsaturated/α-hetero) is 1. The molecule has 1 saturated heterocycles. The predicted octanol–water partition coefficient (Wildman–Crippen LogP) is 4.12. The van der Waals surface area contributed by atoms with Gasteiger partial charge in [-0.05, 0) is 56.2 Å². The Morgan fingerprint density at radius 1 is 1.11 bits per heavy atom. The van der Waals surface area contributed by atoms with Gasteiger partial charge in [0.25, 0.3) is 0 Å². The van der Waals surface area contributed by atoms with Crippen LogP contribution in [0, 0.1) is 19.8 Å². The molecule has 0 aromatic heterocycles. The van der Waals surface area contributed by atoms with E-state index in [2.05, 4.69) is 0 Å². The van der Waals surface area contributed by atoms with Gasteiger partial charge >= 0.3 is 5.97 Å². The zero-order valence-electron chi connectivity index (χ0n) is 16.1. The summed E-state index contributed by atoms with van der Waals surface area (Å²) >= 11 is 5.83. The minimum absolute atomic E-state index is 0.0778.